The van der Waals surface area contributed by atoms with Gasteiger partial charge in [0.05, 0.1) is 11.4 Å². The molecule has 0 saturated heterocycles. The summed E-state index contributed by atoms with van der Waals surface area (Å²) < 4.78 is 1.12. The van der Waals surface area contributed by atoms with Crippen molar-refractivity contribution in [1.82, 2.24) is 9.97 Å². The minimum Gasteiger partial charge on any atom is -0.366 e. The molecular formula is C19H18ClN5O. The number of carbonyl (C=O) groups excluding carboxylic acids is 1. The second kappa shape index (κ2) is 8.42. The SMILES string of the molecule is NCc1cc(NCc2cccc(C(=O)N(Cl)c3ccccc3)c2)ncn1. The number of nitrogens with zero attached hydrogens (tertiary/aromatic N) is 3. The molecule has 0 spiro atoms. The third-order valence-corrected chi connectivity index (χ3v) is 4.09. The molecule has 0 aliphatic heterocycles. The van der Waals surface area contributed by atoms with E-state index >= 15 is 0 Å². The molecular weight excluding hydrogens is 350 g/mol. The summed E-state index contributed by atoms with van der Waals surface area (Å²) >= 11 is 6.19. The van der Waals surface area contributed by atoms with Crippen LogP contribution in [-0.4, -0.2) is 15.9 Å². The van der Waals surface area contributed by atoms with Gasteiger partial charge in [0, 0.05) is 36.5 Å². The van der Waals surface area contributed by atoms with Gasteiger partial charge in [-0.25, -0.2) is 14.4 Å². The van der Waals surface area contributed by atoms with Crippen molar-refractivity contribution in [3.63, 3.8) is 0 Å². The normalized spacial score (nSPS) is 10.4. The molecule has 2 aromatic carbocycles. The number of halogens is 1. The Hall–Kier alpha value is -2.96. The van der Waals surface area contributed by atoms with E-state index in [-0.39, 0.29) is 5.91 Å². The number of aromatic nitrogens is 2. The Kier molecular flexibility index (Phi) is 5.78. The lowest BCUT2D eigenvalue weighted by Crippen LogP contribution is -2.20. The lowest BCUT2D eigenvalue weighted by molar-refractivity contribution is 0.101. The van der Waals surface area contributed by atoms with Crippen LogP contribution in [-0.2, 0) is 13.1 Å². The molecule has 1 heterocycles. The second-order valence-corrected chi connectivity index (χ2v) is 5.91. The summed E-state index contributed by atoms with van der Waals surface area (Å²) in [6.45, 7) is 0.863. The van der Waals surface area contributed by atoms with Gasteiger partial charge in [0.2, 0.25) is 0 Å². The molecule has 132 valence electrons. The van der Waals surface area contributed by atoms with E-state index < -0.39 is 0 Å². The molecule has 0 fully saturated rings. The third-order valence-electron chi connectivity index (χ3n) is 3.74. The highest BCUT2D eigenvalue weighted by molar-refractivity contribution is 6.39. The van der Waals surface area contributed by atoms with Gasteiger partial charge in [-0.15, -0.1) is 0 Å². The average Bonchev–Trinajstić information content (AvgIpc) is 2.72. The lowest BCUT2D eigenvalue weighted by atomic mass is 10.1. The van der Waals surface area contributed by atoms with Gasteiger partial charge >= 0.3 is 0 Å². The number of amides is 1. The van der Waals surface area contributed by atoms with E-state index in [4.69, 9.17) is 17.5 Å². The van der Waals surface area contributed by atoms with Crippen LogP contribution in [0.3, 0.4) is 0 Å². The van der Waals surface area contributed by atoms with E-state index in [1.807, 2.05) is 30.3 Å². The van der Waals surface area contributed by atoms with Gasteiger partial charge < -0.3 is 11.1 Å². The standard InChI is InChI=1S/C19H18ClN5O/c20-25(17-7-2-1-3-8-17)19(26)15-6-4-5-14(9-15)12-22-18-10-16(11-21)23-13-24-18/h1-10,13H,11-12,21H2,(H,22,23,24). The van der Waals surface area contributed by atoms with Crippen molar-refractivity contribution in [3.05, 3.63) is 83.8 Å². The van der Waals surface area contributed by atoms with Gasteiger partial charge in [-0.05, 0) is 29.8 Å². The maximum atomic E-state index is 12.6. The monoisotopic (exact) mass is 367 g/mol. The van der Waals surface area contributed by atoms with E-state index in [1.54, 1.807) is 30.3 Å². The molecule has 0 radical (unpaired) electrons. The van der Waals surface area contributed by atoms with Crippen molar-refractivity contribution in [1.29, 1.82) is 0 Å². The molecule has 0 atom stereocenters. The molecule has 3 aromatic rings. The summed E-state index contributed by atoms with van der Waals surface area (Å²) in [4.78, 5) is 20.8. The number of nitrogens with one attached hydrogen (secondary N) is 1. The Labute approximate surface area is 156 Å². The summed E-state index contributed by atoms with van der Waals surface area (Å²) in [7, 11) is 0. The zero-order valence-electron chi connectivity index (χ0n) is 14.0. The summed E-state index contributed by atoms with van der Waals surface area (Å²) in [6.07, 6.45) is 1.47. The molecule has 1 aromatic heterocycles. The van der Waals surface area contributed by atoms with Crippen LogP contribution in [0.2, 0.25) is 0 Å². The van der Waals surface area contributed by atoms with Crippen molar-refractivity contribution >= 4 is 29.2 Å². The topological polar surface area (TPSA) is 84.1 Å². The van der Waals surface area contributed by atoms with Gasteiger partial charge in [0.15, 0.2) is 0 Å². The summed E-state index contributed by atoms with van der Waals surface area (Å²) in [5.41, 5.74) is 8.40. The highest BCUT2D eigenvalue weighted by Gasteiger charge is 2.15. The van der Waals surface area contributed by atoms with Crippen molar-refractivity contribution in [2.75, 3.05) is 9.74 Å². The quantitative estimate of drug-likeness (QED) is 0.653. The minimum absolute atomic E-state index is 0.285. The molecule has 0 bridgehead atoms. The van der Waals surface area contributed by atoms with Crippen LogP contribution < -0.4 is 15.5 Å². The molecule has 1 amide bonds. The van der Waals surface area contributed by atoms with Crippen molar-refractivity contribution in [2.45, 2.75) is 13.1 Å². The maximum Gasteiger partial charge on any atom is 0.272 e. The highest BCUT2D eigenvalue weighted by Crippen LogP contribution is 2.19. The predicted molar refractivity (Wildman–Crippen MR) is 103 cm³/mol. The van der Waals surface area contributed by atoms with Crippen molar-refractivity contribution in [3.8, 4) is 0 Å². The smallest absolute Gasteiger partial charge is 0.272 e. The third kappa shape index (κ3) is 4.36. The number of carbonyl (C=O) groups is 1. The van der Waals surface area contributed by atoms with Gasteiger partial charge in [-0.2, -0.15) is 0 Å². The van der Waals surface area contributed by atoms with Crippen LogP contribution in [0, 0.1) is 0 Å². The van der Waals surface area contributed by atoms with E-state index in [2.05, 4.69) is 15.3 Å². The zero-order chi connectivity index (χ0) is 18.4. The van der Waals surface area contributed by atoms with E-state index in [9.17, 15) is 4.79 Å². The van der Waals surface area contributed by atoms with E-state index in [1.165, 1.54) is 6.33 Å². The fraction of sp³-hybridized carbons (Fsp3) is 0.105. The molecule has 3 N–H and O–H groups in total. The highest BCUT2D eigenvalue weighted by atomic mass is 35.5. The Balaban J connectivity index is 1.70. The maximum absolute atomic E-state index is 12.6. The Morgan fingerprint density at radius 3 is 2.65 bits per heavy atom. The zero-order valence-corrected chi connectivity index (χ0v) is 14.7. The number of rotatable bonds is 6. The summed E-state index contributed by atoms with van der Waals surface area (Å²) in [5, 5.41) is 3.20. The molecule has 0 aliphatic carbocycles. The van der Waals surface area contributed by atoms with Crippen LogP contribution in [0.15, 0.2) is 67.0 Å². The fourth-order valence-corrected chi connectivity index (χ4v) is 2.61. The minimum atomic E-state index is -0.285. The van der Waals surface area contributed by atoms with Crippen LogP contribution in [0.25, 0.3) is 0 Å². The van der Waals surface area contributed by atoms with Crippen LogP contribution >= 0.6 is 11.8 Å². The Morgan fingerprint density at radius 2 is 1.88 bits per heavy atom. The van der Waals surface area contributed by atoms with Gasteiger partial charge in [0.25, 0.3) is 5.91 Å². The molecule has 7 heteroatoms. The number of nitrogens with two attached hydrogens (primary N) is 1. The van der Waals surface area contributed by atoms with Crippen LogP contribution in [0.5, 0.6) is 0 Å². The van der Waals surface area contributed by atoms with Gasteiger partial charge in [-0.1, -0.05) is 30.3 Å². The predicted octanol–water partition coefficient (Wildman–Crippen LogP) is 3.35. The number of hydrogen-bond donors (Lipinski definition) is 2. The largest absolute Gasteiger partial charge is 0.366 e. The number of anilines is 2. The molecule has 26 heavy (non-hydrogen) atoms. The Morgan fingerprint density at radius 1 is 1.08 bits per heavy atom. The van der Waals surface area contributed by atoms with Crippen LogP contribution in [0.1, 0.15) is 21.6 Å². The molecule has 0 aliphatic rings. The Bertz CT molecular complexity index is 888. The van der Waals surface area contributed by atoms with E-state index in [0.717, 1.165) is 15.7 Å². The average molecular weight is 368 g/mol. The molecule has 6 nitrogen and oxygen atoms in total. The van der Waals surface area contributed by atoms with Gasteiger partial charge in [-0.3, -0.25) is 4.79 Å². The molecule has 3 rings (SSSR count). The number of para-hydroxylation sites is 1. The number of benzene rings is 2. The summed E-state index contributed by atoms with van der Waals surface area (Å²) in [5.74, 6) is 0.396. The van der Waals surface area contributed by atoms with E-state index in [0.29, 0.717) is 30.2 Å². The first kappa shape index (κ1) is 17.8. The lowest BCUT2D eigenvalue weighted by Gasteiger charge is -2.14. The molecule has 0 unspecified atom stereocenters. The second-order valence-electron chi connectivity index (χ2n) is 5.57. The van der Waals surface area contributed by atoms with Gasteiger partial charge in [0.1, 0.15) is 12.1 Å². The van der Waals surface area contributed by atoms with Crippen molar-refractivity contribution < 1.29 is 4.79 Å². The first-order valence-electron chi connectivity index (χ1n) is 8.06. The number of hydrogen-bond acceptors (Lipinski definition) is 5. The van der Waals surface area contributed by atoms with Crippen molar-refractivity contribution in [2.24, 2.45) is 5.73 Å². The summed E-state index contributed by atoms with van der Waals surface area (Å²) in [6, 6.07) is 18.2. The first-order valence-corrected chi connectivity index (χ1v) is 8.40. The molecule has 0 saturated carbocycles. The van der Waals surface area contributed by atoms with Crippen LogP contribution in [0.4, 0.5) is 11.5 Å². The first-order chi connectivity index (χ1) is 12.7. The fourth-order valence-electron chi connectivity index (χ4n) is 2.40.